The third-order valence-corrected chi connectivity index (χ3v) is 4.45. The molecule has 1 aromatic rings. The summed E-state index contributed by atoms with van der Waals surface area (Å²) in [4.78, 5) is 15.9. The number of carboxylic acid groups (broad SMARTS) is 1. The molecule has 1 fully saturated rings. The first kappa shape index (κ1) is 15.6. The molecule has 0 aliphatic carbocycles. The maximum Gasteiger partial charge on any atom is 0.325 e. The second-order valence-electron chi connectivity index (χ2n) is 4.88. The van der Waals surface area contributed by atoms with Gasteiger partial charge in [-0.05, 0) is 24.2 Å². The summed E-state index contributed by atoms with van der Waals surface area (Å²) < 4.78 is 0. The van der Waals surface area contributed by atoms with Gasteiger partial charge in [-0.15, -0.1) is 0 Å². The number of carboxylic acids is 1. The van der Waals surface area contributed by atoms with Crippen molar-refractivity contribution in [2.75, 3.05) is 32.7 Å². The quantitative estimate of drug-likeness (QED) is 0.927. The van der Waals surface area contributed by atoms with Crippen LogP contribution in [0.25, 0.3) is 0 Å². The second kappa shape index (κ2) is 6.76. The molecule has 1 aromatic carbocycles. The Morgan fingerprint density at radius 1 is 1.25 bits per heavy atom. The fourth-order valence-corrected chi connectivity index (χ4v) is 2.84. The van der Waals surface area contributed by atoms with Gasteiger partial charge in [0.25, 0.3) is 0 Å². The number of benzene rings is 1. The summed E-state index contributed by atoms with van der Waals surface area (Å²) in [6, 6.07) is 4.37. The van der Waals surface area contributed by atoms with Crippen molar-refractivity contribution < 1.29 is 9.90 Å². The van der Waals surface area contributed by atoms with Crippen LogP contribution in [0, 0.1) is 0 Å². The molecule has 0 radical (unpaired) electrons. The van der Waals surface area contributed by atoms with Crippen LogP contribution in [-0.4, -0.2) is 53.6 Å². The van der Waals surface area contributed by atoms with Gasteiger partial charge >= 0.3 is 5.97 Å². The molecule has 0 bridgehead atoms. The minimum absolute atomic E-state index is 0.391. The monoisotopic (exact) mass is 316 g/mol. The Kier molecular flexibility index (Phi) is 5.27. The highest BCUT2D eigenvalue weighted by Gasteiger charge is 2.30. The SMILES string of the molecule is CCN1CCN(C(C(=O)O)c2ccc(Cl)c(Cl)c2)CC1. The summed E-state index contributed by atoms with van der Waals surface area (Å²) in [5.74, 6) is -0.853. The van der Waals surface area contributed by atoms with E-state index in [1.807, 2.05) is 4.90 Å². The van der Waals surface area contributed by atoms with Crippen molar-refractivity contribution in [3.63, 3.8) is 0 Å². The lowest BCUT2D eigenvalue weighted by molar-refractivity contribution is -0.144. The van der Waals surface area contributed by atoms with Crippen molar-refractivity contribution >= 4 is 29.2 Å². The molecule has 1 N–H and O–H groups in total. The second-order valence-corrected chi connectivity index (χ2v) is 5.70. The Hall–Kier alpha value is -0.810. The van der Waals surface area contributed by atoms with Crippen LogP contribution in [0.1, 0.15) is 18.5 Å². The normalized spacial score (nSPS) is 18.9. The van der Waals surface area contributed by atoms with Crippen LogP contribution in [-0.2, 0) is 4.79 Å². The van der Waals surface area contributed by atoms with Crippen molar-refractivity contribution in [1.82, 2.24) is 9.80 Å². The van der Waals surface area contributed by atoms with Gasteiger partial charge in [0.2, 0.25) is 0 Å². The topological polar surface area (TPSA) is 43.8 Å². The fourth-order valence-electron chi connectivity index (χ4n) is 2.53. The maximum absolute atomic E-state index is 11.6. The lowest BCUT2D eigenvalue weighted by Gasteiger charge is -2.37. The van der Waals surface area contributed by atoms with E-state index in [0.29, 0.717) is 15.6 Å². The van der Waals surface area contributed by atoms with E-state index in [1.54, 1.807) is 18.2 Å². The van der Waals surface area contributed by atoms with E-state index in [-0.39, 0.29) is 0 Å². The summed E-state index contributed by atoms with van der Waals surface area (Å²) in [5.41, 5.74) is 0.678. The van der Waals surface area contributed by atoms with Crippen LogP contribution in [0.5, 0.6) is 0 Å². The van der Waals surface area contributed by atoms with E-state index in [4.69, 9.17) is 23.2 Å². The molecule has 1 aliphatic rings. The van der Waals surface area contributed by atoms with Crippen LogP contribution < -0.4 is 0 Å². The number of halogens is 2. The number of nitrogens with zero attached hydrogens (tertiary/aromatic N) is 2. The standard InChI is InChI=1S/C14H18Cl2N2O2/c1-2-17-5-7-18(8-6-17)13(14(19)20)10-3-4-11(15)12(16)9-10/h3-4,9,13H,2,5-8H2,1H3,(H,19,20). The number of likely N-dealkylation sites (N-methyl/N-ethyl adjacent to an activating group) is 1. The third-order valence-electron chi connectivity index (χ3n) is 3.71. The minimum Gasteiger partial charge on any atom is -0.480 e. The van der Waals surface area contributed by atoms with Crippen molar-refractivity contribution in [1.29, 1.82) is 0 Å². The summed E-state index contributed by atoms with van der Waals surface area (Å²) in [7, 11) is 0. The zero-order valence-corrected chi connectivity index (χ0v) is 12.9. The highest BCUT2D eigenvalue weighted by atomic mass is 35.5. The molecular formula is C14H18Cl2N2O2. The Bertz CT molecular complexity index is 488. The smallest absolute Gasteiger partial charge is 0.325 e. The number of piperazine rings is 1. The van der Waals surface area contributed by atoms with E-state index in [0.717, 1.165) is 32.7 Å². The van der Waals surface area contributed by atoms with Crippen LogP contribution in [0.15, 0.2) is 18.2 Å². The van der Waals surface area contributed by atoms with Gasteiger partial charge in [-0.3, -0.25) is 9.69 Å². The van der Waals surface area contributed by atoms with Crippen molar-refractivity contribution in [2.24, 2.45) is 0 Å². The lowest BCUT2D eigenvalue weighted by Crippen LogP contribution is -2.49. The van der Waals surface area contributed by atoms with Crippen LogP contribution in [0.4, 0.5) is 0 Å². The largest absolute Gasteiger partial charge is 0.480 e. The molecular weight excluding hydrogens is 299 g/mol. The number of hydrogen-bond acceptors (Lipinski definition) is 3. The van der Waals surface area contributed by atoms with E-state index in [1.165, 1.54) is 0 Å². The number of carbonyl (C=O) groups is 1. The van der Waals surface area contributed by atoms with E-state index in [9.17, 15) is 9.90 Å². The highest BCUT2D eigenvalue weighted by molar-refractivity contribution is 6.42. The molecule has 1 heterocycles. The van der Waals surface area contributed by atoms with Gasteiger partial charge in [0.05, 0.1) is 10.0 Å². The van der Waals surface area contributed by atoms with Gasteiger partial charge in [-0.25, -0.2) is 0 Å². The highest BCUT2D eigenvalue weighted by Crippen LogP contribution is 2.29. The fraction of sp³-hybridized carbons (Fsp3) is 0.500. The first-order valence-corrected chi connectivity index (χ1v) is 7.42. The van der Waals surface area contributed by atoms with Gasteiger partial charge in [-0.1, -0.05) is 36.2 Å². The zero-order valence-electron chi connectivity index (χ0n) is 11.4. The predicted molar refractivity (Wildman–Crippen MR) is 80.5 cm³/mol. The molecule has 110 valence electrons. The minimum atomic E-state index is -0.853. The van der Waals surface area contributed by atoms with Crippen LogP contribution >= 0.6 is 23.2 Å². The van der Waals surface area contributed by atoms with E-state index >= 15 is 0 Å². The zero-order chi connectivity index (χ0) is 14.7. The molecule has 2 rings (SSSR count). The van der Waals surface area contributed by atoms with Crippen LogP contribution in [0.3, 0.4) is 0 Å². The molecule has 1 aliphatic heterocycles. The Labute approximate surface area is 128 Å². The van der Waals surface area contributed by atoms with Gasteiger partial charge in [0, 0.05) is 26.2 Å². The summed E-state index contributed by atoms with van der Waals surface area (Å²) in [5, 5.41) is 10.4. The van der Waals surface area contributed by atoms with Crippen LogP contribution in [0.2, 0.25) is 10.0 Å². The van der Waals surface area contributed by atoms with Crippen molar-refractivity contribution in [2.45, 2.75) is 13.0 Å². The van der Waals surface area contributed by atoms with Gasteiger partial charge in [-0.2, -0.15) is 0 Å². The molecule has 0 spiro atoms. The Balaban J connectivity index is 2.19. The Morgan fingerprint density at radius 2 is 1.90 bits per heavy atom. The molecule has 1 atom stereocenters. The molecule has 6 heteroatoms. The molecule has 1 saturated heterocycles. The third kappa shape index (κ3) is 3.44. The van der Waals surface area contributed by atoms with Crippen molar-refractivity contribution in [3.8, 4) is 0 Å². The molecule has 1 unspecified atom stereocenters. The maximum atomic E-state index is 11.6. The first-order chi connectivity index (χ1) is 9.52. The van der Waals surface area contributed by atoms with E-state index in [2.05, 4.69) is 11.8 Å². The predicted octanol–water partition coefficient (Wildman–Crippen LogP) is 2.76. The van der Waals surface area contributed by atoms with Gasteiger partial charge < -0.3 is 10.0 Å². The summed E-state index contributed by atoms with van der Waals surface area (Å²) in [6.45, 7) is 6.38. The van der Waals surface area contributed by atoms with Gasteiger partial charge in [0.1, 0.15) is 6.04 Å². The lowest BCUT2D eigenvalue weighted by atomic mass is 10.0. The van der Waals surface area contributed by atoms with Gasteiger partial charge in [0.15, 0.2) is 0 Å². The molecule has 0 amide bonds. The molecule has 0 saturated carbocycles. The van der Waals surface area contributed by atoms with Crippen molar-refractivity contribution in [3.05, 3.63) is 33.8 Å². The summed E-state index contributed by atoms with van der Waals surface area (Å²) >= 11 is 11.9. The number of aliphatic carboxylic acids is 1. The first-order valence-electron chi connectivity index (χ1n) is 6.67. The van der Waals surface area contributed by atoms with E-state index < -0.39 is 12.0 Å². The average molecular weight is 317 g/mol. The molecule has 0 aromatic heterocycles. The summed E-state index contributed by atoms with van der Waals surface area (Å²) in [6.07, 6.45) is 0. The molecule has 20 heavy (non-hydrogen) atoms. The number of rotatable bonds is 4. The number of hydrogen-bond donors (Lipinski definition) is 1. The Morgan fingerprint density at radius 3 is 2.40 bits per heavy atom. The molecule has 4 nitrogen and oxygen atoms in total. The average Bonchev–Trinajstić information content (AvgIpc) is 2.43.